The largest absolute Gasteiger partial charge is 0.368 e. The third-order valence-corrected chi connectivity index (χ3v) is 6.66. The first-order valence-corrected chi connectivity index (χ1v) is 11.2. The van der Waals surface area contributed by atoms with Crippen molar-refractivity contribution in [1.29, 1.82) is 0 Å². The lowest BCUT2D eigenvalue weighted by Gasteiger charge is -2.37. The van der Waals surface area contributed by atoms with Crippen molar-refractivity contribution in [2.75, 3.05) is 44.2 Å². The van der Waals surface area contributed by atoms with Gasteiger partial charge in [-0.2, -0.15) is 0 Å². The third kappa shape index (κ3) is 4.07. The van der Waals surface area contributed by atoms with Crippen molar-refractivity contribution in [2.24, 2.45) is 5.92 Å². The van der Waals surface area contributed by atoms with Gasteiger partial charge >= 0.3 is 0 Å². The van der Waals surface area contributed by atoms with Gasteiger partial charge in [0.1, 0.15) is 5.82 Å². The molecule has 2 saturated heterocycles. The molecule has 3 heterocycles. The molecule has 166 valence electrons. The lowest BCUT2D eigenvalue weighted by Crippen LogP contribution is -2.50. The monoisotopic (exact) mass is 434 g/mol. The number of anilines is 1. The molecule has 0 bridgehead atoms. The van der Waals surface area contributed by atoms with Crippen LogP contribution in [0, 0.1) is 11.7 Å². The van der Waals surface area contributed by atoms with Crippen molar-refractivity contribution in [3.8, 4) is 0 Å². The van der Waals surface area contributed by atoms with Gasteiger partial charge in [-0.05, 0) is 42.3 Å². The summed E-state index contributed by atoms with van der Waals surface area (Å²) in [6.07, 6.45) is 2.78. The molecule has 3 aromatic rings. The summed E-state index contributed by atoms with van der Waals surface area (Å²) in [7, 11) is 0. The number of para-hydroxylation sites is 1. The lowest BCUT2D eigenvalue weighted by molar-refractivity contribution is -0.136. The van der Waals surface area contributed by atoms with Crippen LogP contribution in [0.5, 0.6) is 0 Å². The summed E-state index contributed by atoms with van der Waals surface area (Å²) in [6.45, 7) is 3.97. The zero-order valence-corrected chi connectivity index (χ0v) is 18.0. The van der Waals surface area contributed by atoms with Crippen LogP contribution in [0.15, 0.2) is 54.7 Å². The molecule has 0 spiro atoms. The second-order valence-corrected chi connectivity index (χ2v) is 8.64. The first kappa shape index (κ1) is 20.5. The van der Waals surface area contributed by atoms with Gasteiger partial charge in [0, 0.05) is 68.5 Å². The van der Waals surface area contributed by atoms with Crippen molar-refractivity contribution < 1.29 is 14.0 Å². The number of nitrogens with one attached hydrogen (secondary N) is 1. The molecule has 1 N–H and O–H groups in total. The van der Waals surface area contributed by atoms with Crippen LogP contribution in [-0.4, -0.2) is 65.9 Å². The summed E-state index contributed by atoms with van der Waals surface area (Å²) in [5.41, 5.74) is 3.05. The fourth-order valence-corrected chi connectivity index (χ4v) is 4.85. The number of H-pyrrole nitrogens is 1. The van der Waals surface area contributed by atoms with E-state index >= 15 is 0 Å². The molecule has 0 aliphatic carbocycles. The van der Waals surface area contributed by atoms with Crippen LogP contribution in [0.2, 0.25) is 0 Å². The van der Waals surface area contributed by atoms with Gasteiger partial charge in [0.25, 0.3) is 0 Å². The van der Waals surface area contributed by atoms with Crippen molar-refractivity contribution in [3.05, 3.63) is 66.1 Å². The first-order chi connectivity index (χ1) is 15.6. The number of carbonyl (C=O) groups is 2. The number of aromatic nitrogens is 1. The first-order valence-electron chi connectivity index (χ1n) is 11.2. The number of rotatable bonds is 5. The van der Waals surface area contributed by atoms with Crippen LogP contribution in [0.25, 0.3) is 10.9 Å². The van der Waals surface area contributed by atoms with E-state index in [-0.39, 0.29) is 30.0 Å². The van der Waals surface area contributed by atoms with E-state index < -0.39 is 0 Å². The molecule has 1 aromatic heterocycles. The SMILES string of the molecule is O=C1CC(C(=O)N2CCN(c3ccccc3)CC2)CN1CCc1c[nH]c2ccc(F)cc12. The Morgan fingerprint density at radius 2 is 1.84 bits per heavy atom. The molecule has 0 saturated carbocycles. The Balaban J connectivity index is 1.16. The van der Waals surface area contributed by atoms with Crippen molar-refractivity contribution in [1.82, 2.24) is 14.8 Å². The van der Waals surface area contributed by atoms with E-state index in [1.165, 1.54) is 17.8 Å². The maximum atomic E-state index is 13.6. The number of carbonyl (C=O) groups excluding carboxylic acids is 2. The standard InChI is InChI=1S/C25H27FN4O2/c26-20-6-7-23-22(15-20)18(16-27-23)8-9-30-17-19(14-24(30)31)25(32)29-12-10-28(11-13-29)21-4-2-1-3-5-21/h1-7,15-16,19,27H,8-14,17H2. The minimum atomic E-state index is -0.272. The molecule has 2 amide bonds. The van der Waals surface area contributed by atoms with Crippen LogP contribution < -0.4 is 4.90 Å². The van der Waals surface area contributed by atoms with Crippen molar-refractivity contribution in [3.63, 3.8) is 0 Å². The van der Waals surface area contributed by atoms with Gasteiger partial charge in [0.2, 0.25) is 11.8 Å². The smallest absolute Gasteiger partial charge is 0.228 e. The number of halogens is 1. The highest BCUT2D eigenvalue weighted by molar-refractivity contribution is 5.89. The number of nitrogens with zero attached hydrogens (tertiary/aromatic N) is 3. The molecule has 1 unspecified atom stereocenters. The molecule has 2 fully saturated rings. The molecule has 0 radical (unpaired) electrons. The van der Waals surface area contributed by atoms with Gasteiger partial charge in [0.05, 0.1) is 5.92 Å². The van der Waals surface area contributed by atoms with Crippen LogP contribution in [0.1, 0.15) is 12.0 Å². The Hall–Kier alpha value is -3.35. The average Bonchev–Trinajstić information content (AvgIpc) is 3.40. The molecule has 2 aliphatic rings. The maximum Gasteiger partial charge on any atom is 0.228 e. The number of amides is 2. The van der Waals surface area contributed by atoms with Gasteiger partial charge in [-0.25, -0.2) is 4.39 Å². The van der Waals surface area contributed by atoms with Crippen LogP contribution in [-0.2, 0) is 16.0 Å². The molecule has 2 aliphatic heterocycles. The number of aromatic amines is 1. The topological polar surface area (TPSA) is 59.7 Å². The number of likely N-dealkylation sites (tertiary alicyclic amines) is 1. The predicted molar refractivity (Wildman–Crippen MR) is 122 cm³/mol. The third-order valence-electron chi connectivity index (χ3n) is 6.66. The normalized spacial score (nSPS) is 19.2. The van der Waals surface area contributed by atoms with E-state index in [0.717, 1.165) is 29.6 Å². The summed E-state index contributed by atoms with van der Waals surface area (Å²) in [5, 5.41) is 0.848. The summed E-state index contributed by atoms with van der Waals surface area (Å²) in [6, 6.07) is 14.9. The van der Waals surface area contributed by atoms with E-state index in [2.05, 4.69) is 22.0 Å². The van der Waals surface area contributed by atoms with Gasteiger partial charge in [0.15, 0.2) is 0 Å². The number of piperazine rings is 1. The second-order valence-electron chi connectivity index (χ2n) is 8.64. The Labute approximate surface area is 186 Å². The summed E-state index contributed by atoms with van der Waals surface area (Å²) in [5.74, 6) is -0.431. The molecule has 1 atom stereocenters. The number of hydrogen-bond donors (Lipinski definition) is 1. The Morgan fingerprint density at radius 3 is 2.62 bits per heavy atom. The zero-order valence-electron chi connectivity index (χ0n) is 18.0. The quantitative estimate of drug-likeness (QED) is 0.672. The lowest BCUT2D eigenvalue weighted by atomic mass is 10.1. The number of fused-ring (bicyclic) bond motifs is 1. The highest BCUT2D eigenvalue weighted by Gasteiger charge is 2.37. The van der Waals surface area contributed by atoms with E-state index in [9.17, 15) is 14.0 Å². The highest BCUT2D eigenvalue weighted by Crippen LogP contribution is 2.24. The fraction of sp³-hybridized carbons (Fsp3) is 0.360. The summed E-state index contributed by atoms with van der Waals surface area (Å²) >= 11 is 0. The van der Waals surface area contributed by atoms with Gasteiger partial charge in [-0.3, -0.25) is 9.59 Å². The molecular formula is C25H27FN4O2. The van der Waals surface area contributed by atoms with Crippen LogP contribution >= 0.6 is 0 Å². The second kappa shape index (κ2) is 8.65. The predicted octanol–water partition coefficient (Wildman–Crippen LogP) is 3.05. The molecule has 2 aromatic carbocycles. The van der Waals surface area contributed by atoms with E-state index in [4.69, 9.17) is 0 Å². The van der Waals surface area contributed by atoms with E-state index in [0.29, 0.717) is 32.6 Å². The maximum absolute atomic E-state index is 13.6. The molecule has 6 nitrogen and oxygen atoms in total. The highest BCUT2D eigenvalue weighted by atomic mass is 19.1. The van der Waals surface area contributed by atoms with Gasteiger partial charge in [-0.15, -0.1) is 0 Å². The minimum absolute atomic E-state index is 0.0253. The minimum Gasteiger partial charge on any atom is -0.368 e. The van der Waals surface area contributed by atoms with Crippen molar-refractivity contribution in [2.45, 2.75) is 12.8 Å². The van der Waals surface area contributed by atoms with Gasteiger partial charge in [-0.1, -0.05) is 18.2 Å². The van der Waals surface area contributed by atoms with E-state index in [1.54, 1.807) is 11.0 Å². The Kier molecular flexibility index (Phi) is 5.55. The van der Waals surface area contributed by atoms with Crippen molar-refractivity contribution >= 4 is 28.4 Å². The molecule has 5 rings (SSSR count). The number of benzene rings is 2. The number of hydrogen-bond acceptors (Lipinski definition) is 3. The zero-order chi connectivity index (χ0) is 22.1. The molecule has 7 heteroatoms. The molecule has 32 heavy (non-hydrogen) atoms. The van der Waals surface area contributed by atoms with Crippen LogP contribution in [0.3, 0.4) is 0 Å². The fourth-order valence-electron chi connectivity index (χ4n) is 4.85. The summed E-state index contributed by atoms with van der Waals surface area (Å²) < 4.78 is 13.6. The summed E-state index contributed by atoms with van der Waals surface area (Å²) in [4.78, 5) is 34.8. The average molecular weight is 435 g/mol. The molecular weight excluding hydrogens is 407 g/mol. The van der Waals surface area contributed by atoms with E-state index in [1.807, 2.05) is 29.3 Å². The Bertz CT molecular complexity index is 1120. The van der Waals surface area contributed by atoms with Crippen LogP contribution in [0.4, 0.5) is 10.1 Å². The Morgan fingerprint density at radius 1 is 1.06 bits per heavy atom. The van der Waals surface area contributed by atoms with Gasteiger partial charge < -0.3 is 19.7 Å².